The van der Waals surface area contributed by atoms with Gasteiger partial charge in [-0.2, -0.15) is 0 Å². The Bertz CT molecular complexity index is 485. The third-order valence-corrected chi connectivity index (χ3v) is 4.99. The molecule has 0 aromatic carbocycles. The van der Waals surface area contributed by atoms with E-state index in [0.29, 0.717) is 32.3 Å². The Balaban J connectivity index is 2.89. The van der Waals surface area contributed by atoms with Crippen LogP contribution in [-0.4, -0.2) is 41.8 Å². The van der Waals surface area contributed by atoms with Gasteiger partial charge in [-0.05, 0) is 46.0 Å². The number of hydrogen-bond donors (Lipinski definition) is 0. The van der Waals surface area contributed by atoms with Gasteiger partial charge in [-0.25, -0.2) is 4.79 Å². The number of carbonyl (C=O) groups is 3. The number of amides is 1. The molecule has 1 unspecified atom stereocenters. The van der Waals surface area contributed by atoms with Gasteiger partial charge in [-0.1, -0.05) is 19.4 Å². The predicted molar refractivity (Wildman–Crippen MR) is 88.8 cm³/mol. The first-order valence-electron chi connectivity index (χ1n) is 8.43. The topological polar surface area (TPSA) is 63.7 Å². The minimum atomic E-state index is -0.744. The fraction of sp³-hybridized carbons (Fsp3) is 0.722. The van der Waals surface area contributed by atoms with Crippen LogP contribution in [0.25, 0.3) is 0 Å². The lowest BCUT2D eigenvalue weighted by molar-refractivity contribution is -0.148. The molecule has 1 fully saturated rings. The van der Waals surface area contributed by atoms with Crippen molar-refractivity contribution in [1.29, 1.82) is 0 Å². The smallest absolute Gasteiger partial charge is 0.330 e. The number of likely N-dealkylation sites (N-methyl/N-ethyl adjacent to an activating group) is 1. The van der Waals surface area contributed by atoms with Crippen LogP contribution < -0.4 is 0 Å². The summed E-state index contributed by atoms with van der Waals surface area (Å²) in [6.07, 6.45) is 4.68. The van der Waals surface area contributed by atoms with E-state index in [1.54, 1.807) is 25.8 Å². The van der Waals surface area contributed by atoms with Gasteiger partial charge >= 0.3 is 5.97 Å². The molecule has 5 nitrogen and oxygen atoms in total. The number of esters is 1. The van der Waals surface area contributed by atoms with Crippen molar-refractivity contribution < 1.29 is 19.1 Å². The van der Waals surface area contributed by atoms with Crippen molar-refractivity contribution in [3.63, 3.8) is 0 Å². The Labute approximate surface area is 139 Å². The normalized spacial score (nSPS) is 22.2. The summed E-state index contributed by atoms with van der Waals surface area (Å²) in [5, 5.41) is 0. The Hall–Kier alpha value is -1.65. The second kappa shape index (κ2) is 8.27. The van der Waals surface area contributed by atoms with E-state index >= 15 is 0 Å². The van der Waals surface area contributed by atoms with Crippen LogP contribution >= 0.6 is 0 Å². The molecule has 1 aliphatic rings. The molecule has 0 heterocycles. The number of ketones is 1. The first-order chi connectivity index (χ1) is 10.8. The molecule has 1 rings (SSSR count). The van der Waals surface area contributed by atoms with Crippen LogP contribution in [0.15, 0.2) is 11.6 Å². The van der Waals surface area contributed by atoms with E-state index < -0.39 is 5.54 Å². The van der Waals surface area contributed by atoms with Crippen LogP contribution in [0.4, 0.5) is 0 Å². The van der Waals surface area contributed by atoms with Crippen molar-refractivity contribution in [2.24, 2.45) is 5.92 Å². The third-order valence-electron chi connectivity index (χ3n) is 4.99. The second-order valence-electron chi connectivity index (χ2n) is 6.35. The van der Waals surface area contributed by atoms with E-state index in [0.717, 1.165) is 12.0 Å². The van der Waals surface area contributed by atoms with Crippen molar-refractivity contribution in [3.05, 3.63) is 11.6 Å². The van der Waals surface area contributed by atoms with Gasteiger partial charge in [0.05, 0.1) is 6.61 Å². The van der Waals surface area contributed by atoms with Crippen LogP contribution in [0.2, 0.25) is 0 Å². The Morgan fingerprint density at radius 1 is 1.26 bits per heavy atom. The highest BCUT2D eigenvalue weighted by Crippen LogP contribution is 2.37. The third kappa shape index (κ3) is 4.43. The van der Waals surface area contributed by atoms with Gasteiger partial charge in [0.2, 0.25) is 5.91 Å². The summed E-state index contributed by atoms with van der Waals surface area (Å²) < 4.78 is 4.93. The lowest BCUT2D eigenvalue weighted by Gasteiger charge is -2.44. The van der Waals surface area contributed by atoms with Crippen molar-refractivity contribution in [1.82, 2.24) is 4.90 Å². The molecule has 0 spiro atoms. The maximum atomic E-state index is 12.5. The standard InChI is InChI=1S/C18H29NO4/c1-6-13(3)17(22)19(5)18(14(4)20)10-8-15(9-11-18)12-16(21)23-7-2/h12-13H,6-11H2,1-5H3. The number of Topliss-reactive ketones (excluding diaryl/α,β-unsaturated/α-hetero) is 1. The highest BCUT2D eigenvalue weighted by Gasteiger charge is 2.44. The van der Waals surface area contributed by atoms with Gasteiger partial charge in [-0.15, -0.1) is 0 Å². The monoisotopic (exact) mass is 323 g/mol. The van der Waals surface area contributed by atoms with Crippen molar-refractivity contribution in [3.8, 4) is 0 Å². The number of allylic oxidation sites excluding steroid dienone is 1. The lowest BCUT2D eigenvalue weighted by atomic mass is 9.75. The average Bonchev–Trinajstić information content (AvgIpc) is 2.53. The molecule has 0 radical (unpaired) electrons. The molecule has 1 aliphatic carbocycles. The highest BCUT2D eigenvalue weighted by molar-refractivity contribution is 5.92. The fourth-order valence-electron chi connectivity index (χ4n) is 3.12. The molecule has 5 heteroatoms. The largest absolute Gasteiger partial charge is 0.463 e. The van der Waals surface area contributed by atoms with E-state index in [4.69, 9.17) is 4.74 Å². The summed E-state index contributed by atoms with van der Waals surface area (Å²) in [6, 6.07) is 0. The summed E-state index contributed by atoms with van der Waals surface area (Å²) in [6.45, 7) is 7.54. The van der Waals surface area contributed by atoms with Crippen LogP contribution in [0.3, 0.4) is 0 Å². The summed E-state index contributed by atoms with van der Waals surface area (Å²) in [5.41, 5.74) is 0.247. The number of ether oxygens (including phenoxy) is 1. The zero-order valence-corrected chi connectivity index (χ0v) is 15.0. The lowest BCUT2D eigenvalue weighted by Crippen LogP contribution is -2.56. The van der Waals surface area contributed by atoms with Gasteiger partial charge in [0, 0.05) is 19.0 Å². The van der Waals surface area contributed by atoms with E-state index in [9.17, 15) is 14.4 Å². The number of rotatable bonds is 6. The molecule has 0 aromatic rings. The molecule has 0 aliphatic heterocycles. The minimum Gasteiger partial charge on any atom is -0.463 e. The number of carbonyl (C=O) groups excluding carboxylic acids is 3. The van der Waals surface area contributed by atoms with E-state index in [-0.39, 0.29) is 23.6 Å². The van der Waals surface area contributed by atoms with Crippen LogP contribution in [-0.2, 0) is 19.1 Å². The molecular formula is C18H29NO4. The summed E-state index contributed by atoms with van der Waals surface area (Å²) >= 11 is 0. The quantitative estimate of drug-likeness (QED) is 0.557. The molecule has 1 saturated carbocycles. The van der Waals surface area contributed by atoms with E-state index in [1.807, 2.05) is 13.8 Å². The SMILES string of the molecule is CCOC(=O)C=C1CCC(C(C)=O)(N(C)C(=O)C(C)CC)CC1. The minimum absolute atomic E-state index is 0.0144. The molecule has 0 saturated heterocycles. The summed E-state index contributed by atoms with van der Waals surface area (Å²) in [7, 11) is 1.73. The first-order valence-corrected chi connectivity index (χ1v) is 8.43. The predicted octanol–water partition coefficient (Wildman–Crippen LogP) is 2.88. The molecule has 130 valence electrons. The highest BCUT2D eigenvalue weighted by atomic mass is 16.5. The number of hydrogen-bond acceptors (Lipinski definition) is 4. The molecule has 0 aromatic heterocycles. The Kier molecular flexibility index (Phi) is 6.98. The average molecular weight is 323 g/mol. The summed E-state index contributed by atoms with van der Waals surface area (Å²) in [5.74, 6) is -0.387. The Morgan fingerprint density at radius 2 is 1.83 bits per heavy atom. The van der Waals surface area contributed by atoms with Crippen molar-refractivity contribution in [2.75, 3.05) is 13.7 Å². The maximum Gasteiger partial charge on any atom is 0.330 e. The second-order valence-corrected chi connectivity index (χ2v) is 6.35. The van der Waals surface area contributed by atoms with E-state index in [2.05, 4.69) is 0 Å². The Morgan fingerprint density at radius 3 is 2.26 bits per heavy atom. The van der Waals surface area contributed by atoms with Crippen LogP contribution in [0, 0.1) is 5.92 Å². The molecule has 0 N–H and O–H groups in total. The first kappa shape index (κ1) is 19.4. The van der Waals surface area contributed by atoms with Crippen LogP contribution in [0.5, 0.6) is 0 Å². The maximum absolute atomic E-state index is 12.5. The molecular weight excluding hydrogens is 294 g/mol. The zero-order chi connectivity index (χ0) is 17.6. The van der Waals surface area contributed by atoms with Gasteiger partial charge < -0.3 is 9.64 Å². The van der Waals surface area contributed by atoms with Gasteiger partial charge in [0.1, 0.15) is 5.54 Å². The summed E-state index contributed by atoms with van der Waals surface area (Å²) in [4.78, 5) is 38.0. The van der Waals surface area contributed by atoms with Crippen molar-refractivity contribution in [2.45, 2.75) is 65.3 Å². The zero-order valence-electron chi connectivity index (χ0n) is 15.0. The van der Waals surface area contributed by atoms with Gasteiger partial charge in [0.15, 0.2) is 5.78 Å². The molecule has 0 bridgehead atoms. The van der Waals surface area contributed by atoms with E-state index in [1.165, 1.54) is 6.08 Å². The number of nitrogens with zero attached hydrogens (tertiary/aromatic N) is 1. The molecule has 23 heavy (non-hydrogen) atoms. The van der Waals surface area contributed by atoms with Crippen LogP contribution in [0.1, 0.15) is 59.8 Å². The molecule has 1 amide bonds. The fourth-order valence-corrected chi connectivity index (χ4v) is 3.12. The molecule has 1 atom stereocenters. The van der Waals surface area contributed by atoms with Crippen molar-refractivity contribution >= 4 is 17.7 Å². The van der Waals surface area contributed by atoms with Gasteiger partial charge in [-0.3, -0.25) is 9.59 Å². The van der Waals surface area contributed by atoms with Gasteiger partial charge in [0.25, 0.3) is 0 Å².